The minimum absolute atomic E-state index is 0.0272. The minimum atomic E-state index is -1.46. The molecule has 0 aromatic carbocycles. The summed E-state index contributed by atoms with van der Waals surface area (Å²) in [5.74, 6) is 0.444. The van der Waals surface area contributed by atoms with Gasteiger partial charge in [0.25, 0.3) is 0 Å². The molecule has 0 unspecified atom stereocenters. The molecule has 1 heterocycles. The third kappa shape index (κ3) is 4.38. The van der Waals surface area contributed by atoms with Gasteiger partial charge in [-0.25, -0.2) is 0 Å². The largest absolute Gasteiger partial charge is 0.396 e. The standard InChI is InChI=1S/C36H58O8/c1-31(2)14-15-36(19-38)21(16-31)20-8-9-24-33(5)12-11-26(44-30-29(42)28(41)27(40)22(18-37)43-30)32(3,4)23(33)10-13-34(24,6)35(20,7)17-25(36)39/h8-9,21-23,25-30,37-42H,10-19H2,1-7H3/t21-,22+,23-,25-,26-,27+,28-,29+,30-,33-,34+,35+,36+/m0/s1. The molecule has 0 amide bonds. The fraction of sp³-hybridized carbons (Fsp3) is 0.889. The number of allylic oxidation sites excluding steroid dienone is 4. The van der Waals surface area contributed by atoms with Crippen molar-refractivity contribution >= 4 is 0 Å². The van der Waals surface area contributed by atoms with Crippen LogP contribution in [-0.4, -0.2) is 86.8 Å². The van der Waals surface area contributed by atoms with Gasteiger partial charge >= 0.3 is 0 Å². The summed E-state index contributed by atoms with van der Waals surface area (Å²) >= 11 is 0. The van der Waals surface area contributed by atoms with Crippen LogP contribution in [0.25, 0.3) is 0 Å². The second-order valence-corrected chi connectivity index (χ2v) is 17.6. The molecule has 6 aliphatic rings. The molecule has 250 valence electrons. The van der Waals surface area contributed by atoms with E-state index in [0.717, 1.165) is 44.9 Å². The van der Waals surface area contributed by atoms with Crippen LogP contribution in [0.4, 0.5) is 0 Å². The highest BCUT2D eigenvalue weighted by molar-refractivity contribution is 5.46. The number of hydrogen-bond acceptors (Lipinski definition) is 8. The molecule has 13 atom stereocenters. The molecule has 6 N–H and O–H groups in total. The maximum atomic E-state index is 11.9. The molecule has 0 bridgehead atoms. The van der Waals surface area contributed by atoms with Gasteiger partial charge in [0.1, 0.15) is 24.4 Å². The fourth-order valence-electron chi connectivity index (χ4n) is 11.6. The summed E-state index contributed by atoms with van der Waals surface area (Å²) in [7, 11) is 0. The molecule has 1 aliphatic heterocycles. The van der Waals surface area contributed by atoms with E-state index in [0.29, 0.717) is 6.42 Å². The Morgan fingerprint density at radius 3 is 2.16 bits per heavy atom. The van der Waals surface area contributed by atoms with Crippen LogP contribution < -0.4 is 0 Å². The number of ether oxygens (including phenoxy) is 2. The van der Waals surface area contributed by atoms with Crippen LogP contribution >= 0.6 is 0 Å². The van der Waals surface area contributed by atoms with Crippen LogP contribution in [0.5, 0.6) is 0 Å². The zero-order chi connectivity index (χ0) is 32.3. The Morgan fingerprint density at radius 1 is 0.795 bits per heavy atom. The highest BCUT2D eigenvalue weighted by atomic mass is 16.7. The normalized spacial score (nSPS) is 52.9. The van der Waals surface area contributed by atoms with Gasteiger partial charge in [0.15, 0.2) is 6.29 Å². The van der Waals surface area contributed by atoms with E-state index < -0.39 is 48.8 Å². The average molecular weight is 619 g/mol. The van der Waals surface area contributed by atoms with Gasteiger partial charge < -0.3 is 40.1 Å². The van der Waals surface area contributed by atoms with Gasteiger partial charge in [-0.3, -0.25) is 0 Å². The Hall–Kier alpha value is -0.840. The van der Waals surface area contributed by atoms with Gasteiger partial charge in [-0.1, -0.05) is 71.8 Å². The van der Waals surface area contributed by atoms with Crippen molar-refractivity contribution in [2.24, 2.45) is 44.3 Å². The smallest absolute Gasteiger partial charge is 0.186 e. The first-order valence-electron chi connectivity index (χ1n) is 17.1. The summed E-state index contributed by atoms with van der Waals surface area (Å²) in [5.41, 5.74) is 1.86. The number of aliphatic hydroxyl groups is 6. The Labute approximate surface area is 263 Å². The van der Waals surface area contributed by atoms with Gasteiger partial charge in [0.2, 0.25) is 0 Å². The molecule has 0 spiro atoms. The third-order valence-corrected chi connectivity index (χ3v) is 14.6. The van der Waals surface area contributed by atoms with Crippen LogP contribution in [0, 0.1) is 44.3 Å². The second-order valence-electron chi connectivity index (χ2n) is 17.6. The maximum Gasteiger partial charge on any atom is 0.186 e. The lowest BCUT2D eigenvalue weighted by Crippen LogP contribution is -2.65. The second kappa shape index (κ2) is 10.6. The molecule has 0 radical (unpaired) electrons. The monoisotopic (exact) mass is 618 g/mol. The van der Waals surface area contributed by atoms with Gasteiger partial charge in [-0.15, -0.1) is 0 Å². The topological polar surface area (TPSA) is 140 Å². The van der Waals surface area contributed by atoms with Crippen LogP contribution in [0.2, 0.25) is 0 Å². The van der Waals surface area contributed by atoms with Gasteiger partial charge in [0.05, 0.1) is 25.4 Å². The van der Waals surface area contributed by atoms with Crippen molar-refractivity contribution in [1.82, 2.24) is 0 Å². The molecule has 0 aromatic heterocycles. The summed E-state index contributed by atoms with van der Waals surface area (Å²) in [4.78, 5) is 0. The minimum Gasteiger partial charge on any atom is -0.396 e. The van der Waals surface area contributed by atoms with Crippen LogP contribution in [0.15, 0.2) is 23.3 Å². The predicted octanol–water partition coefficient (Wildman–Crippen LogP) is 3.86. The van der Waals surface area contributed by atoms with E-state index in [1.807, 2.05) is 0 Å². The first-order valence-corrected chi connectivity index (χ1v) is 17.1. The Bertz CT molecular complexity index is 1190. The summed E-state index contributed by atoms with van der Waals surface area (Å²) in [6.07, 6.45) is 4.72. The van der Waals surface area contributed by atoms with Crippen molar-refractivity contribution in [2.75, 3.05) is 13.2 Å². The quantitative estimate of drug-likeness (QED) is 0.261. The Morgan fingerprint density at radius 2 is 1.50 bits per heavy atom. The van der Waals surface area contributed by atoms with E-state index in [1.54, 1.807) is 0 Å². The summed E-state index contributed by atoms with van der Waals surface area (Å²) in [6, 6.07) is 0. The van der Waals surface area contributed by atoms with Crippen molar-refractivity contribution in [2.45, 2.75) is 143 Å². The van der Waals surface area contributed by atoms with Crippen LogP contribution in [-0.2, 0) is 9.47 Å². The molecule has 44 heavy (non-hydrogen) atoms. The summed E-state index contributed by atoms with van der Waals surface area (Å²) in [5, 5.41) is 63.7. The van der Waals surface area contributed by atoms with E-state index in [9.17, 15) is 30.6 Å². The molecule has 5 aliphatic carbocycles. The number of hydrogen-bond donors (Lipinski definition) is 6. The average Bonchev–Trinajstić information content (AvgIpc) is 2.95. The third-order valence-electron chi connectivity index (χ3n) is 14.6. The number of aliphatic hydroxyl groups excluding tert-OH is 6. The lowest BCUT2D eigenvalue weighted by atomic mass is 9.35. The molecular formula is C36H58O8. The van der Waals surface area contributed by atoms with Crippen molar-refractivity contribution in [3.63, 3.8) is 0 Å². The van der Waals surface area contributed by atoms with E-state index in [-0.39, 0.29) is 51.6 Å². The van der Waals surface area contributed by atoms with Crippen LogP contribution in [0.1, 0.15) is 99.8 Å². The molecule has 1 saturated heterocycles. The Balaban J connectivity index is 1.33. The first kappa shape index (κ1) is 33.1. The molecule has 6 rings (SSSR count). The van der Waals surface area contributed by atoms with E-state index in [4.69, 9.17) is 9.47 Å². The molecule has 8 heteroatoms. The lowest BCUT2D eigenvalue weighted by molar-refractivity contribution is -0.326. The molecule has 5 fully saturated rings. The molecule has 8 nitrogen and oxygen atoms in total. The molecular weight excluding hydrogens is 560 g/mol. The summed E-state index contributed by atoms with van der Waals surface area (Å²) in [6.45, 7) is 15.9. The van der Waals surface area contributed by atoms with Crippen molar-refractivity contribution in [3.8, 4) is 0 Å². The van der Waals surface area contributed by atoms with Gasteiger partial charge in [-0.2, -0.15) is 0 Å². The number of fused-ring (bicyclic) bond motifs is 7. The highest BCUT2D eigenvalue weighted by Crippen LogP contribution is 2.74. The van der Waals surface area contributed by atoms with Crippen molar-refractivity contribution < 1.29 is 40.1 Å². The van der Waals surface area contributed by atoms with E-state index in [1.165, 1.54) is 11.1 Å². The number of rotatable bonds is 4. The molecule has 4 saturated carbocycles. The van der Waals surface area contributed by atoms with Gasteiger partial charge in [-0.05, 0) is 84.9 Å². The van der Waals surface area contributed by atoms with Crippen molar-refractivity contribution in [1.29, 1.82) is 0 Å². The predicted molar refractivity (Wildman–Crippen MR) is 166 cm³/mol. The first-order chi connectivity index (χ1) is 20.4. The zero-order valence-electron chi connectivity index (χ0n) is 27.9. The Kier molecular flexibility index (Phi) is 7.95. The van der Waals surface area contributed by atoms with Crippen molar-refractivity contribution in [3.05, 3.63) is 23.3 Å². The SMILES string of the molecule is CC1(C)CC[C@]2(CO)[C@@H](O)C[C@]3(C)C(=CC=C4[C@@]5(C)CC[C@H](O[C@@H]6O[C@H](CO)[C@@H](O)[C@H](O)[C@H]6O)C(C)(C)[C@@H]5CC[C@]43C)[C@@H]2C1. The molecule has 0 aromatic rings. The highest BCUT2D eigenvalue weighted by Gasteiger charge is 2.68. The van der Waals surface area contributed by atoms with Gasteiger partial charge in [0, 0.05) is 10.8 Å². The van der Waals surface area contributed by atoms with E-state index in [2.05, 4.69) is 60.6 Å². The lowest BCUT2D eigenvalue weighted by Gasteiger charge is -2.69. The maximum absolute atomic E-state index is 11.9. The van der Waals surface area contributed by atoms with E-state index >= 15 is 0 Å². The fourth-order valence-corrected chi connectivity index (χ4v) is 11.6. The zero-order valence-corrected chi connectivity index (χ0v) is 27.9. The van der Waals surface area contributed by atoms with Crippen LogP contribution in [0.3, 0.4) is 0 Å². The summed E-state index contributed by atoms with van der Waals surface area (Å²) < 4.78 is 12.2.